The third-order valence-corrected chi connectivity index (χ3v) is 1.25. The summed E-state index contributed by atoms with van der Waals surface area (Å²) in [6.45, 7) is 2.25. The van der Waals surface area contributed by atoms with E-state index in [2.05, 4.69) is 10.5 Å². The van der Waals surface area contributed by atoms with Crippen LogP contribution in [0.5, 0.6) is 0 Å². The Kier molecular flexibility index (Phi) is 5.84. The fourth-order valence-corrected chi connectivity index (χ4v) is 0.700. The molecule has 5 heteroatoms. The van der Waals surface area contributed by atoms with Gasteiger partial charge in [0, 0.05) is 18.0 Å². The number of nitrogens with one attached hydrogen (secondary N) is 1. The van der Waals surface area contributed by atoms with E-state index in [4.69, 9.17) is 4.84 Å². The summed E-state index contributed by atoms with van der Waals surface area (Å²) in [4.78, 5) is 19.7. The van der Waals surface area contributed by atoms with Gasteiger partial charge in [0.1, 0.15) is 0 Å². The van der Waals surface area contributed by atoms with Gasteiger partial charge in [0.25, 0.3) is 5.91 Å². The summed E-state index contributed by atoms with van der Waals surface area (Å²) in [5, 5.41) is 0. The highest BCUT2D eigenvalue weighted by molar-refractivity contribution is 5.93. The molecule has 0 atom stereocenters. The average Bonchev–Trinajstić information content (AvgIpc) is 2.15. The lowest BCUT2D eigenvalue weighted by Gasteiger charge is -2.01. The minimum Gasteiger partial charge on any atom is -0.274 e. The van der Waals surface area contributed by atoms with Crippen molar-refractivity contribution in [3.8, 4) is 0 Å². The molecular weight excluding hydrogens is 192 g/mol. The molecule has 1 N–H and O–H groups in total. The van der Waals surface area contributed by atoms with E-state index in [9.17, 15) is 4.79 Å². The maximum Gasteiger partial charge on any atom is 0.274 e. The minimum absolute atomic E-state index is 0. The van der Waals surface area contributed by atoms with E-state index in [0.29, 0.717) is 12.2 Å². The van der Waals surface area contributed by atoms with Gasteiger partial charge in [-0.1, -0.05) is 0 Å². The summed E-state index contributed by atoms with van der Waals surface area (Å²) in [6, 6.07) is 3.24. The second-order valence-corrected chi connectivity index (χ2v) is 2.10. The maximum atomic E-state index is 11.1. The molecule has 0 spiro atoms. The SMILES string of the molecule is CCONC(=O)c1ccncc1.Cl. The Morgan fingerprint density at radius 2 is 2.15 bits per heavy atom. The van der Waals surface area contributed by atoms with E-state index in [1.807, 2.05) is 0 Å². The zero-order valence-corrected chi connectivity index (χ0v) is 8.00. The van der Waals surface area contributed by atoms with Crippen LogP contribution in [0, 0.1) is 0 Å². The number of carbonyl (C=O) groups excluding carboxylic acids is 1. The number of hydrogen-bond acceptors (Lipinski definition) is 3. The van der Waals surface area contributed by atoms with Crippen LogP contribution in [0.3, 0.4) is 0 Å². The molecule has 0 bridgehead atoms. The van der Waals surface area contributed by atoms with E-state index < -0.39 is 0 Å². The summed E-state index contributed by atoms with van der Waals surface area (Å²) in [7, 11) is 0. The van der Waals surface area contributed by atoms with Crippen LogP contribution in [0.25, 0.3) is 0 Å². The quantitative estimate of drug-likeness (QED) is 0.749. The van der Waals surface area contributed by atoms with Crippen molar-refractivity contribution in [2.75, 3.05) is 6.61 Å². The number of carbonyl (C=O) groups is 1. The maximum absolute atomic E-state index is 11.1. The number of pyridine rings is 1. The molecule has 0 aliphatic heterocycles. The number of nitrogens with zero attached hydrogens (tertiary/aromatic N) is 1. The topological polar surface area (TPSA) is 51.2 Å². The number of hydroxylamine groups is 1. The molecule has 1 aromatic rings. The predicted molar refractivity (Wildman–Crippen MR) is 50.6 cm³/mol. The van der Waals surface area contributed by atoms with E-state index in [0.717, 1.165) is 0 Å². The van der Waals surface area contributed by atoms with Gasteiger partial charge in [0.2, 0.25) is 0 Å². The van der Waals surface area contributed by atoms with Crippen LogP contribution in [-0.4, -0.2) is 17.5 Å². The van der Waals surface area contributed by atoms with Crippen LogP contribution in [0.15, 0.2) is 24.5 Å². The molecule has 0 saturated heterocycles. The van der Waals surface area contributed by atoms with Gasteiger partial charge in [0.15, 0.2) is 0 Å². The largest absolute Gasteiger partial charge is 0.274 e. The zero-order chi connectivity index (χ0) is 8.81. The van der Waals surface area contributed by atoms with Crippen molar-refractivity contribution in [1.82, 2.24) is 10.5 Å². The van der Waals surface area contributed by atoms with Gasteiger partial charge in [-0.15, -0.1) is 12.4 Å². The van der Waals surface area contributed by atoms with Crippen molar-refractivity contribution < 1.29 is 9.63 Å². The van der Waals surface area contributed by atoms with Crippen LogP contribution in [0.4, 0.5) is 0 Å². The molecule has 1 rings (SSSR count). The molecule has 0 saturated carbocycles. The number of amides is 1. The average molecular weight is 203 g/mol. The van der Waals surface area contributed by atoms with Crippen LogP contribution < -0.4 is 5.48 Å². The Balaban J connectivity index is 0.00000144. The number of aromatic nitrogens is 1. The van der Waals surface area contributed by atoms with Gasteiger partial charge in [-0.05, 0) is 19.1 Å². The lowest BCUT2D eigenvalue weighted by molar-refractivity contribution is 0.0364. The van der Waals surface area contributed by atoms with Crippen LogP contribution in [0.2, 0.25) is 0 Å². The van der Waals surface area contributed by atoms with E-state index in [-0.39, 0.29) is 18.3 Å². The van der Waals surface area contributed by atoms with Gasteiger partial charge in [0.05, 0.1) is 6.61 Å². The summed E-state index contributed by atoms with van der Waals surface area (Å²) in [5.74, 6) is -0.251. The van der Waals surface area contributed by atoms with Crippen molar-refractivity contribution in [1.29, 1.82) is 0 Å². The Bertz CT molecular complexity index is 254. The molecule has 0 fully saturated rings. The second-order valence-electron chi connectivity index (χ2n) is 2.10. The molecule has 0 radical (unpaired) electrons. The van der Waals surface area contributed by atoms with E-state index in [1.165, 1.54) is 0 Å². The number of halogens is 1. The molecule has 72 valence electrons. The van der Waals surface area contributed by atoms with E-state index in [1.54, 1.807) is 31.5 Å². The van der Waals surface area contributed by atoms with Crippen molar-refractivity contribution in [2.24, 2.45) is 0 Å². The van der Waals surface area contributed by atoms with Gasteiger partial charge in [-0.2, -0.15) is 0 Å². The van der Waals surface area contributed by atoms with Gasteiger partial charge in [-0.3, -0.25) is 14.6 Å². The normalized spacial score (nSPS) is 8.69. The highest BCUT2D eigenvalue weighted by atomic mass is 35.5. The molecule has 0 aliphatic carbocycles. The summed E-state index contributed by atoms with van der Waals surface area (Å²) in [5.41, 5.74) is 2.82. The molecule has 1 aromatic heterocycles. The molecule has 1 amide bonds. The van der Waals surface area contributed by atoms with Crippen LogP contribution in [0.1, 0.15) is 17.3 Å². The van der Waals surface area contributed by atoms with Crippen LogP contribution in [-0.2, 0) is 4.84 Å². The zero-order valence-electron chi connectivity index (χ0n) is 7.19. The molecule has 0 aliphatic rings. The van der Waals surface area contributed by atoms with Gasteiger partial charge >= 0.3 is 0 Å². The fraction of sp³-hybridized carbons (Fsp3) is 0.250. The first-order chi connectivity index (χ1) is 5.84. The Hall–Kier alpha value is -1.13. The van der Waals surface area contributed by atoms with Crippen molar-refractivity contribution >= 4 is 18.3 Å². The summed E-state index contributed by atoms with van der Waals surface area (Å²) in [6.07, 6.45) is 3.11. The highest BCUT2D eigenvalue weighted by Gasteiger charge is 2.02. The Morgan fingerprint density at radius 1 is 1.54 bits per heavy atom. The first-order valence-electron chi connectivity index (χ1n) is 3.66. The lowest BCUT2D eigenvalue weighted by Crippen LogP contribution is -2.23. The van der Waals surface area contributed by atoms with Crippen molar-refractivity contribution in [3.63, 3.8) is 0 Å². The highest BCUT2D eigenvalue weighted by Crippen LogP contribution is 1.94. The third-order valence-electron chi connectivity index (χ3n) is 1.25. The van der Waals surface area contributed by atoms with Crippen molar-refractivity contribution in [3.05, 3.63) is 30.1 Å². The molecule has 0 unspecified atom stereocenters. The fourth-order valence-electron chi connectivity index (χ4n) is 0.700. The van der Waals surface area contributed by atoms with Crippen LogP contribution >= 0.6 is 12.4 Å². The van der Waals surface area contributed by atoms with E-state index >= 15 is 0 Å². The smallest absolute Gasteiger partial charge is 0.274 e. The number of hydrogen-bond donors (Lipinski definition) is 1. The summed E-state index contributed by atoms with van der Waals surface area (Å²) >= 11 is 0. The summed E-state index contributed by atoms with van der Waals surface area (Å²) < 4.78 is 0. The number of rotatable bonds is 3. The minimum atomic E-state index is -0.251. The molecule has 4 nitrogen and oxygen atoms in total. The predicted octanol–water partition coefficient (Wildman–Crippen LogP) is 1.18. The Morgan fingerprint density at radius 3 is 2.69 bits per heavy atom. The monoisotopic (exact) mass is 202 g/mol. The first-order valence-corrected chi connectivity index (χ1v) is 3.66. The molecule has 0 aromatic carbocycles. The van der Waals surface area contributed by atoms with Crippen molar-refractivity contribution in [2.45, 2.75) is 6.92 Å². The lowest BCUT2D eigenvalue weighted by atomic mass is 10.3. The molecule has 13 heavy (non-hydrogen) atoms. The standard InChI is InChI=1S/C8H10N2O2.ClH/c1-2-12-10-8(11)7-3-5-9-6-4-7;/h3-6H,2H2,1H3,(H,10,11);1H. The van der Waals surface area contributed by atoms with Gasteiger partial charge in [-0.25, -0.2) is 5.48 Å². The Labute approximate surface area is 82.7 Å². The first kappa shape index (κ1) is 11.9. The second kappa shape index (κ2) is 6.39. The van der Waals surface area contributed by atoms with Gasteiger partial charge < -0.3 is 0 Å². The molecule has 1 heterocycles. The third kappa shape index (κ3) is 3.87. The molecular formula is C8H11ClN2O2.